The van der Waals surface area contributed by atoms with Crippen LogP contribution in [0.2, 0.25) is 0 Å². The summed E-state index contributed by atoms with van der Waals surface area (Å²) in [6.45, 7) is 2.00. The summed E-state index contributed by atoms with van der Waals surface area (Å²) in [6.07, 6.45) is 0.785. The molecule has 0 amide bonds. The fourth-order valence-electron chi connectivity index (χ4n) is 1.71. The number of benzene rings is 1. The summed E-state index contributed by atoms with van der Waals surface area (Å²) >= 11 is 3.26. The summed E-state index contributed by atoms with van der Waals surface area (Å²) in [7, 11) is 0. The fourth-order valence-corrected chi connectivity index (χ4v) is 2.26. The minimum absolute atomic E-state index is 0.0388. The quantitative estimate of drug-likeness (QED) is 0.842. The highest BCUT2D eigenvalue weighted by Crippen LogP contribution is 2.41. The van der Waals surface area contributed by atoms with Gasteiger partial charge in [0.2, 0.25) is 0 Å². The van der Waals surface area contributed by atoms with E-state index in [-0.39, 0.29) is 18.0 Å². The summed E-state index contributed by atoms with van der Waals surface area (Å²) in [5.74, 6) is 0.400. The maximum absolute atomic E-state index is 13.1. The van der Waals surface area contributed by atoms with Crippen LogP contribution in [-0.4, -0.2) is 6.10 Å². The van der Waals surface area contributed by atoms with Crippen LogP contribution in [0.25, 0.3) is 0 Å². The third-order valence-electron chi connectivity index (χ3n) is 2.47. The fraction of sp³-hybridized carbons (Fsp3) is 0.400. The van der Waals surface area contributed by atoms with Crippen LogP contribution in [0.15, 0.2) is 16.6 Å². The molecule has 2 nitrogen and oxygen atoms in total. The maximum Gasteiger partial charge on any atom is 0.139 e. The highest BCUT2D eigenvalue weighted by molar-refractivity contribution is 9.10. The van der Waals surface area contributed by atoms with Crippen molar-refractivity contribution in [3.8, 4) is 5.75 Å². The zero-order valence-electron chi connectivity index (χ0n) is 7.76. The normalized spacial score (nSPS) is 24.6. The van der Waals surface area contributed by atoms with E-state index in [1.165, 1.54) is 12.1 Å². The molecule has 1 aromatic rings. The predicted molar refractivity (Wildman–Crippen MR) is 55.7 cm³/mol. The van der Waals surface area contributed by atoms with Gasteiger partial charge < -0.3 is 10.5 Å². The number of halogens is 2. The van der Waals surface area contributed by atoms with Crippen molar-refractivity contribution < 1.29 is 9.13 Å². The van der Waals surface area contributed by atoms with Crippen molar-refractivity contribution >= 4 is 15.9 Å². The molecule has 0 aliphatic carbocycles. The summed E-state index contributed by atoms with van der Waals surface area (Å²) in [6, 6.07) is 2.62. The second-order valence-electron chi connectivity index (χ2n) is 3.40. The van der Waals surface area contributed by atoms with Crippen LogP contribution in [0.5, 0.6) is 5.75 Å². The molecule has 2 N–H and O–H groups in total. The van der Waals surface area contributed by atoms with Gasteiger partial charge in [-0.05, 0) is 34.5 Å². The number of nitrogens with two attached hydrogens (primary N) is 1. The molecule has 1 aliphatic rings. The molecule has 0 spiro atoms. The summed E-state index contributed by atoms with van der Waals surface area (Å²) in [5, 5.41) is 0. The smallest absolute Gasteiger partial charge is 0.139 e. The van der Waals surface area contributed by atoms with Crippen LogP contribution in [0, 0.1) is 5.82 Å². The highest BCUT2D eigenvalue weighted by Gasteiger charge is 2.32. The van der Waals surface area contributed by atoms with E-state index in [2.05, 4.69) is 15.9 Å². The van der Waals surface area contributed by atoms with Gasteiger partial charge in [0.05, 0.1) is 10.5 Å². The van der Waals surface area contributed by atoms with Crippen molar-refractivity contribution in [2.24, 2.45) is 5.73 Å². The Morgan fingerprint density at radius 2 is 2.29 bits per heavy atom. The van der Waals surface area contributed by atoms with Gasteiger partial charge in [-0.15, -0.1) is 0 Å². The molecule has 1 aliphatic heterocycles. The number of fused-ring (bicyclic) bond motifs is 1. The Bertz CT molecular complexity index is 369. The molecule has 0 fully saturated rings. The van der Waals surface area contributed by atoms with Crippen LogP contribution in [0.3, 0.4) is 0 Å². The lowest BCUT2D eigenvalue weighted by Gasteiger charge is -2.11. The summed E-state index contributed by atoms with van der Waals surface area (Å²) in [4.78, 5) is 0. The summed E-state index contributed by atoms with van der Waals surface area (Å²) < 4.78 is 19.3. The molecule has 1 heterocycles. The lowest BCUT2D eigenvalue weighted by molar-refractivity contribution is 0.201. The zero-order valence-corrected chi connectivity index (χ0v) is 9.34. The first-order chi connectivity index (χ1) is 6.63. The van der Waals surface area contributed by atoms with Gasteiger partial charge in [-0.25, -0.2) is 4.39 Å². The van der Waals surface area contributed by atoms with E-state index in [0.717, 1.165) is 12.0 Å². The molecule has 0 saturated heterocycles. The molecule has 0 aromatic heterocycles. The van der Waals surface area contributed by atoms with Gasteiger partial charge in [0.15, 0.2) is 0 Å². The molecule has 14 heavy (non-hydrogen) atoms. The van der Waals surface area contributed by atoms with Crippen LogP contribution in [0.1, 0.15) is 24.9 Å². The first kappa shape index (κ1) is 9.93. The second kappa shape index (κ2) is 3.51. The zero-order chi connectivity index (χ0) is 10.3. The third kappa shape index (κ3) is 1.42. The van der Waals surface area contributed by atoms with Crippen LogP contribution in [-0.2, 0) is 0 Å². The van der Waals surface area contributed by atoms with Gasteiger partial charge >= 0.3 is 0 Å². The molecule has 76 valence electrons. The molecule has 2 rings (SSSR count). The Labute approximate surface area is 90.4 Å². The van der Waals surface area contributed by atoms with Crippen molar-refractivity contribution in [1.29, 1.82) is 0 Å². The van der Waals surface area contributed by atoms with E-state index in [9.17, 15) is 4.39 Å². The SMILES string of the molecule is CCC1Oc2c(Br)cc(F)cc2C1N. The Hall–Kier alpha value is -0.610. The molecule has 0 radical (unpaired) electrons. The highest BCUT2D eigenvalue weighted by atomic mass is 79.9. The van der Waals surface area contributed by atoms with Gasteiger partial charge in [-0.3, -0.25) is 0 Å². The Morgan fingerprint density at radius 3 is 2.93 bits per heavy atom. The van der Waals surface area contributed by atoms with Gasteiger partial charge in [0.25, 0.3) is 0 Å². The predicted octanol–water partition coefficient (Wildman–Crippen LogP) is 2.76. The Balaban J connectivity index is 2.48. The average Bonchev–Trinajstić information content (AvgIpc) is 2.44. The summed E-state index contributed by atoms with van der Waals surface area (Å²) in [5.41, 5.74) is 6.68. The van der Waals surface area contributed by atoms with E-state index >= 15 is 0 Å². The minimum Gasteiger partial charge on any atom is -0.487 e. The largest absolute Gasteiger partial charge is 0.487 e. The van der Waals surface area contributed by atoms with E-state index in [0.29, 0.717) is 10.2 Å². The number of hydrogen-bond donors (Lipinski definition) is 1. The molecule has 2 unspecified atom stereocenters. The van der Waals surface area contributed by atoms with Crippen molar-refractivity contribution in [2.45, 2.75) is 25.5 Å². The average molecular weight is 260 g/mol. The first-order valence-corrected chi connectivity index (χ1v) is 5.34. The minimum atomic E-state index is -0.286. The van der Waals surface area contributed by atoms with E-state index in [1.54, 1.807) is 0 Å². The topological polar surface area (TPSA) is 35.2 Å². The molecule has 2 atom stereocenters. The number of rotatable bonds is 1. The van der Waals surface area contributed by atoms with E-state index in [1.807, 2.05) is 6.92 Å². The van der Waals surface area contributed by atoms with Crippen molar-refractivity contribution in [1.82, 2.24) is 0 Å². The monoisotopic (exact) mass is 259 g/mol. The second-order valence-corrected chi connectivity index (χ2v) is 4.25. The molecular weight excluding hydrogens is 249 g/mol. The van der Waals surface area contributed by atoms with Crippen molar-refractivity contribution in [2.75, 3.05) is 0 Å². The lowest BCUT2D eigenvalue weighted by atomic mass is 10.0. The first-order valence-electron chi connectivity index (χ1n) is 4.54. The Morgan fingerprint density at radius 1 is 1.57 bits per heavy atom. The van der Waals surface area contributed by atoms with Gasteiger partial charge in [0.1, 0.15) is 17.7 Å². The van der Waals surface area contributed by atoms with Crippen LogP contribution >= 0.6 is 15.9 Å². The third-order valence-corrected chi connectivity index (χ3v) is 3.06. The van der Waals surface area contributed by atoms with E-state index in [4.69, 9.17) is 10.5 Å². The molecule has 4 heteroatoms. The Kier molecular flexibility index (Phi) is 2.49. The molecule has 0 saturated carbocycles. The molecule has 0 bridgehead atoms. The molecule has 1 aromatic carbocycles. The van der Waals surface area contributed by atoms with Crippen LogP contribution in [0.4, 0.5) is 4.39 Å². The van der Waals surface area contributed by atoms with Gasteiger partial charge in [0, 0.05) is 5.56 Å². The van der Waals surface area contributed by atoms with Crippen LogP contribution < -0.4 is 10.5 Å². The number of hydrogen-bond acceptors (Lipinski definition) is 2. The number of ether oxygens (including phenoxy) is 1. The van der Waals surface area contributed by atoms with Crippen molar-refractivity contribution in [3.63, 3.8) is 0 Å². The standard InChI is InChI=1S/C10H11BrFNO/c1-2-8-9(13)6-3-5(12)4-7(11)10(6)14-8/h3-4,8-9H,2,13H2,1H3. The van der Waals surface area contributed by atoms with Crippen molar-refractivity contribution in [3.05, 3.63) is 28.0 Å². The van der Waals surface area contributed by atoms with Gasteiger partial charge in [-0.1, -0.05) is 6.92 Å². The van der Waals surface area contributed by atoms with Gasteiger partial charge in [-0.2, -0.15) is 0 Å². The van der Waals surface area contributed by atoms with E-state index < -0.39 is 0 Å². The maximum atomic E-state index is 13.1. The lowest BCUT2D eigenvalue weighted by Crippen LogP contribution is -2.24. The molecular formula is C10H11BrFNO.